The predicted octanol–water partition coefficient (Wildman–Crippen LogP) is 3.06. The van der Waals surface area contributed by atoms with E-state index in [4.69, 9.17) is 4.74 Å². The molecule has 0 spiro atoms. The van der Waals surface area contributed by atoms with E-state index in [2.05, 4.69) is 5.32 Å². The molecule has 1 fully saturated rings. The number of hydrogen-bond donors (Lipinski definition) is 1. The van der Waals surface area contributed by atoms with Gasteiger partial charge in [-0.25, -0.2) is 8.42 Å². The molecule has 1 amide bonds. The summed E-state index contributed by atoms with van der Waals surface area (Å²) in [6.07, 6.45) is 4.85. The average Bonchev–Trinajstić information content (AvgIpc) is 3.30. The molecule has 2 aromatic rings. The fourth-order valence-corrected chi connectivity index (χ4v) is 5.62. The van der Waals surface area contributed by atoms with E-state index in [-0.39, 0.29) is 16.9 Å². The van der Waals surface area contributed by atoms with Crippen LogP contribution >= 0.6 is 0 Å². The lowest BCUT2D eigenvalue weighted by molar-refractivity contribution is -0.121. The fraction of sp³-hybridized carbons (Fsp3) is 0.435. The first-order valence-corrected chi connectivity index (χ1v) is 12.1. The number of sulfonamides is 1. The molecule has 160 valence electrons. The molecule has 0 unspecified atom stereocenters. The van der Waals surface area contributed by atoms with Crippen molar-refractivity contribution in [2.75, 3.05) is 24.0 Å². The van der Waals surface area contributed by atoms with Crippen LogP contribution in [-0.4, -0.2) is 40.1 Å². The molecule has 6 nitrogen and oxygen atoms in total. The number of ether oxygens (including phenoxy) is 1. The van der Waals surface area contributed by atoms with Crippen molar-refractivity contribution in [3.8, 4) is 0 Å². The molecule has 1 atom stereocenters. The second-order valence-corrected chi connectivity index (χ2v) is 9.75. The van der Waals surface area contributed by atoms with Crippen LogP contribution in [0.25, 0.3) is 0 Å². The third kappa shape index (κ3) is 4.68. The number of carbonyl (C=O) groups is 1. The Morgan fingerprint density at radius 2 is 1.90 bits per heavy atom. The Balaban J connectivity index is 1.36. The van der Waals surface area contributed by atoms with Crippen molar-refractivity contribution >= 4 is 21.6 Å². The fourth-order valence-electron chi connectivity index (χ4n) is 4.08. The maximum Gasteiger partial charge on any atom is 0.264 e. The maximum atomic E-state index is 13.2. The van der Waals surface area contributed by atoms with Crippen molar-refractivity contribution < 1.29 is 17.9 Å². The Hall–Kier alpha value is -2.38. The van der Waals surface area contributed by atoms with E-state index in [1.54, 1.807) is 24.3 Å². The zero-order valence-corrected chi connectivity index (χ0v) is 17.9. The number of benzene rings is 2. The summed E-state index contributed by atoms with van der Waals surface area (Å²) in [5.41, 5.74) is 2.79. The van der Waals surface area contributed by atoms with Gasteiger partial charge in [0, 0.05) is 26.1 Å². The summed E-state index contributed by atoms with van der Waals surface area (Å²) in [7, 11) is -3.60. The molecule has 2 aliphatic heterocycles. The highest BCUT2D eigenvalue weighted by Gasteiger charge is 2.28. The molecule has 0 aromatic heterocycles. The van der Waals surface area contributed by atoms with E-state index >= 15 is 0 Å². The summed E-state index contributed by atoms with van der Waals surface area (Å²) in [6, 6.07) is 14.6. The average molecular weight is 429 g/mol. The highest BCUT2D eigenvalue weighted by atomic mass is 32.2. The molecule has 4 rings (SSSR count). The van der Waals surface area contributed by atoms with E-state index < -0.39 is 10.0 Å². The topological polar surface area (TPSA) is 75.7 Å². The van der Waals surface area contributed by atoms with Crippen LogP contribution in [0.5, 0.6) is 0 Å². The number of amides is 1. The molecule has 0 radical (unpaired) electrons. The van der Waals surface area contributed by atoms with Crippen LogP contribution in [0, 0.1) is 0 Å². The van der Waals surface area contributed by atoms with Gasteiger partial charge >= 0.3 is 0 Å². The number of para-hydroxylation sites is 1. The van der Waals surface area contributed by atoms with Crippen LogP contribution < -0.4 is 9.62 Å². The van der Waals surface area contributed by atoms with Crippen LogP contribution in [-0.2, 0) is 32.4 Å². The minimum Gasteiger partial charge on any atom is -0.376 e. The zero-order valence-electron chi connectivity index (χ0n) is 17.0. The normalized spacial score (nSPS) is 18.8. The lowest BCUT2D eigenvalue weighted by atomic mass is 10.0. The van der Waals surface area contributed by atoms with E-state index in [1.807, 2.05) is 24.3 Å². The highest BCUT2D eigenvalue weighted by molar-refractivity contribution is 7.92. The largest absolute Gasteiger partial charge is 0.376 e. The van der Waals surface area contributed by atoms with Crippen molar-refractivity contribution in [2.45, 2.75) is 49.5 Å². The lowest BCUT2D eigenvalue weighted by Gasteiger charge is -2.30. The van der Waals surface area contributed by atoms with Gasteiger partial charge in [-0.15, -0.1) is 0 Å². The van der Waals surface area contributed by atoms with Crippen LogP contribution in [0.2, 0.25) is 0 Å². The van der Waals surface area contributed by atoms with Gasteiger partial charge in [-0.05, 0) is 61.4 Å². The molecule has 0 aliphatic carbocycles. The number of fused-ring (bicyclic) bond motifs is 1. The van der Waals surface area contributed by atoms with Crippen molar-refractivity contribution in [2.24, 2.45) is 0 Å². The van der Waals surface area contributed by atoms with E-state index in [0.717, 1.165) is 49.1 Å². The van der Waals surface area contributed by atoms with Crippen molar-refractivity contribution in [1.82, 2.24) is 5.32 Å². The van der Waals surface area contributed by atoms with Crippen LogP contribution in [0.4, 0.5) is 5.69 Å². The van der Waals surface area contributed by atoms with E-state index in [9.17, 15) is 13.2 Å². The first kappa shape index (κ1) is 20.9. The SMILES string of the molecule is O=C(CCc1ccc(S(=O)(=O)N2CCCc3ccccc32)cc1)NC[C@H]1CCCO1. The standard InChI is InChI=1S/C23H28N2O4S/c26-23(24-17-20-7-4-16-29-20)14-11-18-9-12-21(13-10-18)30(27,28)25-15-3-6-19-5-1-2-8-22(19)25/h1-2,5,8-10,12-13,20H,3-4,6-7,11,14-17H2,(H,24,26)/t20-/m1/s1. The Bertz CT molecular complexity index is 983. The summed E-state index contributed by atoms with van der Waals surface area (Å²) in [5, 5.41) is 2.92. The van der Waals surface area contributed by atoms with Gasteiger partial charge in [0.1, 0.15) is 0 Å². The van der Waals surface area contributed by atoms with E-state index in [0.29, 0.717) is 25.9 Å². The number of rotatable bonds is 7. The van der Waals surface area contributed by atoms with Gasteiger partial charge in [-0.2, -0.15) is 0 Å². The zero-order chi connectivity index (χ0) is 21.0. The van der Waals surface area contributed by atoms with Gasteiger partial charge in [0.15, 0.2) is 0 Å². The Kier molecular flexibility index (Phi) is 6.39. The Morgan fingerprint density at radius 3 is 2.67 bits per heavy atom. The number of anilines is 1. The Morgan fingerprint density at radius 1 is 1.10 bits per heavy atom. The minimum atomic E-state index is -3.60. The lowest BCUT2D eigenvalue weighted by Crippen LogP contribution is -2.35. The molecule has 7 heteroatoms. The van der Waals surface area contributed by atoms with Gasteiger partial charge in [0.25, 0.3) is 10.0 Å². The number of nitrogens with zero attached hydrogens (tertiary/aromatic N) is 1. The molecular formula is C23H28N2O4S. The first-order valence-electron chi connectivity index (χ1n) is 10.6. The van der Waals surface area contributed by atoms with Crippen LogP contribution in [0.3, 0.4) is 0 Å². The monoisotopic (exact) mass is 428 g/mol. The summed E-state index contributed by atoms with van der Waals surface area (Å²) in [5.74, 6) is -0.00729. The van der Waals surface area contributed by atoms with Crippen molar-refractivity contribution in [3.63, 3.8) is 0 Å². The van der Waals surface area contributed by atoms with Crippen LogP contribution in [0.1, 0.15) is 36.8 Å². The molecule has 2 aromatic carbocycles. The smallest absolute Gasteiger partial charge is 0.264 e. The summed E-state index contributed by atoms with van der Waals surface area (Å²) in [4.78, 5) is 12.3. The molecule has 1 N–H and O–H groups in total. The van der Waals surface area contributed by atoms with Crippen LogP contribution in [0.15, 0.2) is 53.4 Å². The first-order chi connectivity index (χ1) is 14.5. The highest BCUT2D eigenvalue weighted by Crippen LogP contribution is 2.31. The number of carbonyl (C=O) groups excluding carboxylic acids is 1. The summed E-state index contributed by atoms with van der Waals surface area (Å²) >= 11 is 0. The molecule has 2 aliphatic rings. The molecule has 2 heterocycles. The number of aryl methyl sites for hydroxylation is 2. The van der Waals surface area contributed by atoms with E-state index in [1.165, 1.54) is 4.31 Å². The predicted molar refractivity (Wildman–Crippen MR) is 116 cm³/mol. The third-order valence-corrected chi connectivity index (χ3v) is 7.60. The second kappa shape index (κ2) is 9.18. The molecule has 1 saturated heterocycles. The second-order valence-electron chi connectivity index (χ2n) is 7.89. The van der Waals surface area contributed by atoms with Crippen molar-refractivity contribution in [1.29, 1.82) is 0 Å². The molecule has 30 heavy (non-hydrogen) atoms. The number of nitrogens with one attached hydrogen (secondary N) is 1. The summed E-state index contributed by atoms with van der Waals surface area (Å²) in [6.45, 7) is 1.83. The van der Waals surface area contributed by atoms with Gasteiger partial charge in [0.05, 0.1) is 16.7 Å². The van der Waals surface area contributed by atoms with Crippen molar-refractivity contribution in [3.05, 3.63) is 59.7 Å². The van der Waals surface area contributed by atoms with Gasteiger partial charge in [-0.3, -0.25) is 9.10 Å². The third-order valence-electron chi connectivity index (χ3n) is 5.77. The minimum absolute atomic E-state index is 0.00729. The Labute approximate surface area is 178 Å². The van der Waals surface area contributed by atoms with Gasteiger partial charge in [-0.1, -0.05) is 30.3 Å². The quantitative estimate of drug-likeness (QED) is 0.735. The van der Waals surface area contributed by atoms with Gasteiger partial charge < -0.3 is 10.1 Å². The molecule has 0 bridgehead atoms. The maximum absolute atomic E-state index is 13.2. The number of hydrogen-bond acceptors (Lipinski definition) is 4. The molecule has 0 saturated carbocycles. The summed E-state index contributed by atoms with van der Waals surface area (Å²) < 4.78 is 33.4. The molecular weight excluding hydrogens is 400 g/mol. The van der Waals surface area contributed by atoms with Gasteiger partial charge in [0.2, 0.25) is 5.91 Å².